The molecule has 0 bridgehead atoms. The van der Waals surface area contributed by atoms with E-state index in [1.165, 1.54) is 146 Å². The Kier molecular flexibility index (Phi) is 26.7. The average molecular weight is 646 g/mol. The minimum atomic E-state index is 0.635. The highest BCUT2D eigenvalue weighted by molar-refractivity contribution is 5.09. The van der Waals surface area contributed by atoms with Crippen LogP contribution in [0.2, 0.25) is 0 Å². The third kappa shape index (κ3) is 24.0. The van der Waals surface area contributed by atoms with E-state index in [1.54, 1.807) is 11.1 Å². The molecule has 0 radical (unpaired) electrons. The molecule has 0 aromatic heterocycles. The molecule has 1 heteroatoms. The molecule has 0 aliphatic heterocycles. The summed E-state index contributed by atoms with van der Waals surface area (Å²) in [7, 11) is 0. The lowest BCUT2D eigenvalue weighted by atomic mass is 9.85. The molecular weight excluding hydrogens is 567 g/mol. The van der Waals surface area contributed by atoms with Gasteiger partial charge >= 0.3 is 0 Å². The molecule has 0 aromatic carbocycles. The van der Waals surface area contributed by atoms with E-state index in [9.17, 15) is 0 Å². The van der Waals surface area contributed by atoms with Crippen molar-refractivity contribution in [3.05, 3.63) is 83.1 Å². The van der Waals surface area contributed by atoms with Gasteiger partial charge in [-0.25, -0.2) is 0 Å². The molecule has 1 rings (SSSR count). The van der Waals surface area contributed by atoms with E-state index >= 15 is 0 Å². The summed E-state index contributed by atoms with van der Waals surface area (Å²) in [6.45, 7) is 24.1. The van der Waals surface area contributed by atoms with E-state index in [0.29, 0.717) is 5.92 Å². The van der Waals surface area contributed by atoms with Crippen LogP contribution in [-0.2, 0) is 0 Å². The Morgan fingerprint density at radius 3 is 2.21 bits per heavy atom. The number of nitrogens with zero attached hydrogens (tertiary/aromatic N) is 1. The second kappa shape index (κ2) is 29.1. The van der Waals surface area contributed by atoms with E-state index < -0.39 is 0 Å². The molecule has 0 aromatic rings. The van der Waals surface area contributed by atoms with Gasteiger partial charge in [0.1, 0.15) is 0 Å². The van der Waals surface area contributed by atoms with E-state index in [1.807, 2.05) is 0 Å². The van der Waals surface area contributed by atoms with Gasteiger partial charge in [-0.05, 0) is 175 Å². The van der Waals surface area contributed by atoms with Crippen LogP contribution in [0, 0.1) is 11.8 Å². The van der Waals surface area contributed by atoms with Gasteiger partial charge in [0.05, 0.1) is 0 Å². The molecule has 0 fully saturated rings. The van der Waals surface area contributed by atoms with E-state index in [-0.39, 0.29) is 0 Å². The van der Waals surface area contributed by atoms with Gasteiger partial charge in [-0.15, -0.1) is 0 Å². The largest absolute Gasteiger partial charge is 0.303 e. The van der Waals surface area contributed by atoms with Gasteiger partial charge in [-0.3, -0.25) is 0 Å². The van der Waals surface area contributed by atoms with Crippen LogP contribution in [0.5, 0.6) is 0 Å². The van der Waals surface area contributed by atoms with E-state index in [4.69, 9.17) is 0 Å². The first kappa shape index (κ1) is 43.2. The van der Waals surface area contributed by atoms with Crippen LogP contribution >= 0.6 is 0 Å². The van der Waals surface area contributed by atoms with Crippen molar-refractivity contribution in [3.8, 4) is 0 Å². The van der Waals surface area contributed by atoms with Gasteiger partial charge in [0, 0.05) is 0 Å². The Morgan fingerprint density at radius 2 is 1.53 bits per heavy atom. The van der Waals surface area contributed by atoms with Crippen molar-refractivity contribution in [1.82, 2.24) is 4.90 Å². The summed E-state index contributed by atoms with van der Waals surface area (Å²) in [5, 5.41) is 0. The first-order valence-electron chi connectivity index (χ1n) is 20.1. The summed E-state index contributed by atoms with van der Waals surface area (Å²) < 4.78 is 0. The standard InChI is InChI=1S/C46H79N/c1-9-12-16-25-41(6)28-22-31-45-35-33-44(34-36-45)30-19-20-38-47(37-13-10-2)39-23-29-43(8)46(11-3)32-18-15-14-17-26-42(7)27-21-24-40(4)5/h9,12,15,18,24,26,28,35,44,46H,8,10-11,13-14,16-17,19-23,25,27,29-34,36-39H2,1-7H3/b12-9+,18-15+,41-28+,42-26+. The predicted octanol–water partition coefficient (Wildman–Crippen LogP) is 14.8. The molecule has 0 amide bonds. The molecule has 2 atom stereocenters. The summed E-state index contributed by atoms with van der Waals surface area (Å²) >= 11 is 0. The zero-order valence-electron chi connectivity index (χ0n) is 32.7. The minimum absolute atomic E-state index is 0.635. The molecule has 0 spiro atoms. The molecule has 268 valence electrons. The summed E-state index contributed by atoms with van der Waals surface area (Å²) in [5.74, 6) is 1.55. The van der Waals surface area contributed by atoms with Crippen LogP contribution < -0.4 is 0 Å². The average Bonchev–Trinajstić information content (AvgIpc) is 3.05. The maximum atomic E-state index is 4.56. The lowest BCUT2D eigenvalue weighted by Crippen LogP contribution is -2.27. The van der Waals surface area contributed by atoms with Gasteiger partial charge in [0.25, 0.3) is 0 Å². The van der Waals surface area contributed by atoms with E-state index in [0.717, 1.165) is 25.2 Å². The second-order valence-corrected chi connectivity index (χ2v) is 14.9. The highest BCUT2D eigenvalue weighted by atomic mass is 15.1. The van der Waals surface area contributed by atoms with Crippen LogP contribution in [0.15, 0.2) is 83.1 Å². The Morgan fingerprint density at radius 1 is 0.809 bits per heavy atom. The minimum Gasteiger partial charge on any atom is -0.303 e. The topological polar surface area (TPSA) is 3.24 Å². The second-order valence-electron chi connectivity index (χ2n) is 14.9. The number of allylic oxidation sites excluding steroid dienone is 13. The van der Waals surface area contributed by atoms with Crippen molar-refractivity contribution in [2.75, 3.05) is 19.6 Å². The summed E-state index contributed by atoms with van der Waals surface area (Å²) in [6, 6.07) is 0. The van der Waals surface area contributed by atoms with Gasteiger partial charge in [-0.1, -0.05) is 116 Å². The number of unbranched alkanes of at least 4 members (excludes halogenated alkanes) is 3. The Balaban J connectivity index is 2.30. The van der Waals surface area contributed by atoms with Crippen molar-refractivity contribution >= 4 is 0 Å². The fourth-order valence-corrected chi connectivity index (χ4v) is 6.85. The lowest BCUT2D eigenvalue weighted by molar-refractivity contribution is 0.255. The molecule has 0 N–H and O–H groups in total. The van der Waals surface area contributed by atoms with Crippen molar-refractivity contribution in [2.24, 2.45) is 11.8 Å². The fraction of sp³-hybridized carbons (Fsp3) is 0.696. The van der Waals surface area contributed by atoms with Crippen LogP contribution in [-0.4, -0.2) is 24.5 Å². The fourth-order valence-electron chi connectivity index (χ4n) is 6.85. The molecule has 0 saturated carbocycles. The number of hydrogen-bond donors (Lipinski definition) is 0. The van der Waals surface area contributed by atoms with Gasteiger partial charge < -0.3 is 4.90 Å². The first-order chi connectivity index (χ1) is 22.8. The Labute approximate surface area is 295 Å². The molecule has 47 heavy (non-hydrogen) atoms. The highest BCUT2D eigenvalue weighted by Gasteiger charge is 2.15. The van der Waals surface area contributed by atoms with Crippen molar-refractivity contribution in [1.29, 1.82) is 0 Å². The van der Waals surface area contributed by atoms with Gasteiger partial charge in [0.2, 0.25) is 0 Å². The van der Waals surface area contributed by atoms with Crippen molar-refractivity contribution < 1.29 is 0 Å². The van der Waals surface area contributed by atoms with Gasteiger partial charge in [0.15, 0.2) is 0 Å². The zero-order chi connectivity index (χ0) is 34.5. The van der Waals surface area contributed by atoms with Crippen LogP contribution in [0.25, 0.3) is 0 Å². The van der Waals surface area contributed by atoms with Crippen LogP contribution in [0.1, 0.15) is 177 Å². The monoisotopic (exact) mass is 646 g/mol. The lowest BCUT2D eigenvalue weighted by Gasteiger charge is -2.25. The maximum absolute atomic E-state index is 4.56. The molecule has 2 unspecified atom stereocenters. The molecule has 0 heterocycles. The maximum Gasteiger partial charge on any atom is -0.00157 e. The highest BCUT2D eigenvalue weighted by Crippen LogP contribution is 2.30. The number of rotatable bonds is 28. The number of hydrogen-bond acceptors (Lipinski definition) is 1. The van der Waals surface area contributed by atoms with E-state index in [2.05, 4.69) is 109 Å². The third-order valence-corrected chi connectivity index (χ3v) is 10.2. The van der Waals surface area contributed by atoms with Crippen LogP contribution in [0.3, 0.4) is 0 Å². The van der Waals surface area contributed by atoms with Crippen LogP contribution in [0.4, 0.5) is 0 Å². The quantitative estimate of drug-likeness (QED) is 0.0604. The Bertz CT molecular complexity index is 978. The molecular formula is C46H79N. The molecule has 0 saturated heterocycles. The predicted molar refractivity (Wildman–Crippen MR) is 215 cm³/mol. The normalized spacial score (nSPS) is 16.8. The summed E-state index contributed by atoms with van der Waals surface area (Å²) in [4.78, 5) is 2.76. The molecule has 1 aliphatic rings. The smallest absolute Gasteiger partial charge is 0.00157 e. The zero-order valence-corrected chi connectivity index (χ0v) is 32.7. The van der Waals surface area contributed by atoms with Gasteiger partial charge in [-0.2, -0.15) is 0 Å². The molecule has 1 nitrogen and oxygen atoms in total. The van der Waals surface area contributed by atoms with Crippen molar-refractivity contribution in [2.45, 2.75) is 177 Å². The first-order valence-corrected chi connectivity index (χ1v) is 20.1. The van der Waals surface area contributed by atoms with Crippen molar-refractivity contribution in [3.63, 3.8) is 0 Å². The third-order valence-electron chi connectivity index (χ3n) is 10.2. The SMILES string of the molecule is C=C(CCCN(CCCC)CCCCC1CC=C(CC/C=C(\C)CC/C=C/C)CC1)C(CC)C/C=C/CC/C=C(\C)CCC=C(C)C. The Hall–Kier alpha value is -1.86. The summed E-state index contributed by atoms with van der Waals surface area (Å²) in [6.07, 6.45) is 44.4. The molecule has 1 aliphatic carbocycles. The summed E-state index contributed by atoms with van der Waals surface area (Å²) in [5.41, 5.74) is 7.70.